The van der Waals surface area contributed by atoms with Gasteiger partial charge in [0.1, 0.15) is 11.8 Å². The van der Waals surface area contributed by atoms with Gasteiger partial charge in [-0.2, -0.15) is 11.8 Å². The number of halogens is 1. The minimum absolute atomic E-state index is 0. The van der Waals surface area contributed by atoms with E-state index >= 15 is 0 Å². The number of carbonyl (C=O) groups excluding carboxylic acids is 2. The van der Waals surface area contributed by atoms with Crippen molar-refractivity contribution in [2.75, 3.05) is 32.0 Å². The van der Waals surface area contributed by atoms with Crippen LogP contribution in [0.3, 0.4) is 0 Å². The maximum absolute atomic E-state index is 12.9. The standard InChI is InChI=1S/C20H24N2O4S.ClH/c1-25-18-7-5-4-6-14(18)16-12-13(21)8-9-15(16)19(23)22-17(10-11-27-3)20(24)26-2;/h4-9,12,17H,10-11,21H2,1-3H3,(H,22,23);1H/t17-;/m0./s1. The lowest BCUT2D eigenvalue weighted by Gasteiger charge is -2.18. The summed E-state index contributed by atoms with van der Waals surface area (Å²) in [5.41, 5.74) is 8.26. The van der Waals surface area contributed by atoms with Crippen LogP contribution in [0.15, 0.2) is 42.5 Å². The first-order valence-electron chi connectivity index (χ1n) is 8.42. The Bertz CT molecular complexity index is 817. The summed E-state index contributed by atoms with van der Waals surface area (Å²) in [4.78, 5) is 24.9. The molecule has 28 heavy (non-hydrogen) atoms. The fourth-order valence-electron chi connectivity index (χ4n) is 2.71. The number of carbonyl (C=O) groups is 2. The molecule has 0 bridgehead atoms. The van der Waals surface area contributed by atoms with Crippen molar-refractivity contribution in [3.05, 3.63) is 48.0 Å². The molecule has 3 N–H and O–H groups in total. The molecule has 0 unspecified atom stereocenters. The molecule has 0 aliphatic carbocycles. The zero-order valence-electron chi connectivity index (χ0n) is 16.1. The largest absolute Gasteiger partial charge is 0.496 e. The third kappa shape index (κ3) is 5.81. The Morgan fingerprint density at radius 1 is 1.14 bits per heavy atom. The summed E-state index contributed by atoms with van der Waals surface area (Å²) < 4.78 is 10.2. The van der Waals surface area contributed by atoms with Gasteiger partial charge in [-0.1, -0.05) is 18.2 Å². The number of rotatable bonds is 8. The number of nitrogens with one attached hydrogen (secondary N) is 1. The van der Waals surface area contributed by atoms with Crippen LogP contribution in [0.1, 0.15) is 16.8 Å². The zero-order valence-corrected chi connectivity index (χ0v) is 17.7. The highest BCUT2D eigenvalue weighted by atomic mass is 35.5. The number of thioether (sulfide) groups is 1. The van der Waals surface area contributed by atoms with Gasteiger partial charge < -0.3 is 20.5 Å². The molecule has 0 radical (unpaired) electrons. The van der Waals surface area contributed by atoms with Gasteiger partial charge in [-0.3, -0.25) is 4.79 Å². The second kappa shape index (κ2) is 11.5. The first kappa shape index (κ1) is 23.7. The van der Waals surface area contributed by atoms with Crippen molar-refractivity contribution in [2.24, 2.45) is 0 Å². The Labute approximate surface area is 175 Å². The van der Waals surface area contributed by atoms with Crippen molar-refractivity contribution >= 4 is 41.7 Å². The van der Waals surface area contributed by atoms with Crippen LogP contribution in [0.2, 0.25) is 0 Å². The Morgan fingerprint density at radius 2 is 1.86 bits per heavy atom. The monoisotopic (exact) mass is 424 g/mol. The van der Waals surface area contributed by atoms with Crippen molar-refractivity contribution in [1.82, 2.24) is 5.32 Å². The first-order valence-corrected chi connectivity index (χ1v) is 9.81. The van der Waals surface area contributed by atoms with Crippen LogP contribution >= 0.6 is 24.2 Å². The summed E-state index contributed by atoms with van der Waals surface area (Å²) in [6.07, 6.45) is 2.43. The van der Waals surface area contributed by atoms with E-state index in [0.29, 0.717) is 29.0 Å². The van der Waals surface area contributed by atoms with Crippen LogP contribution < -0.4 is 15.8 Å². The van der Waals surface area contributed by atoms with Crippen molar-refractivity contribution in [3.63, 3.8) is 0 Å². The SMILES string of the molecule is COC(=O)[C@H](CCSC)NC(=O)c1ccc(N)cc1-c1ccccc1OC.Cl. The summed E-state index contributed by atoms with van der Waals surface area (Å²) in [7, 11) is 2.88. The van der Waals surface area contributed by atoms with Gasteiger partial charge in [-0.25, -0.2) is 4.79 Å². The Kier molecular flexibility index (Phi) is 9.68. The topological polar surface area (TPSA) is 90.7 Å². The van der Waals surface area contributed by atoms with E-state index in [1.807, 2.05) is 30.5 Å². The molecule has 0 heterocycles. The van der Waals surface area contributed by atoms with E-state index in [2.05, 4.69) is 5.32 Å². The number of nitrogens with two attached hydrogens (primary N) is 1. The maximum atomic E-state index is 12.9. The van der Waals surface area contributed by atoms with Gasteiger partial charge in [0.05, 0.1) is 14.2 Å². The van der Waals surface area contributed by atoms with Gasteiger partial charge in [0.2, 0.25) is 0 Å². The van der Waals surface area contributed by atoms with Crippen molar-refractivity contribution in [1.29, 1.82) is 0 Å². The number of para-hydroxylation sites is 1. The summed E-state index contributed by atoms with van der Waals surface area (Å²) in [5, 5.41) is 2.78. The average molecular weight is 425 g/mol. The van der Waals surface area contributed by atoms with E-state index < -0.39 is 12.0 Å². The molecule has 152 valence electrons. The average Bonchev–Trinajstić information content (AvgIpc) is 2.70. The number of amides is 1. The molecule has 0 aliphatic rings. The highest BCUT2D eigenvalue weighted by molar-refractivity contribution is 7.98. The molecule has 0 fully saturated rings. The number of ether oxygens (including phenoxy) is 2. The molecular weight excluding hydrogens is 400 g/mol. The highest BCUT2D eigenvalue weighted by Crippen LogP contribution is 2.33. The number of hydrogen-bond donors (Lipinski definition) is 2. The third-order valence-corrected chi connectivity index (χ3v) is 4.73. The molecule has 2 rings (SSSR count). The van der Waals surface area contributed by atoms with Crippen LogP contribution in [0, 0.1) is 0 Å². The molecule has 1 atom stereocenters. The smallest absolute Gasteiger partial charge is 0.328 e. The predicted octanol–water partition coefficient (Wildman–Crippen LogP) is 3.39. The molecule has 0 spiro atoms. The van der Waals surface area contributed by atoms with Gasteiger partial charge in [-0.15, -0.1) is 12.4 Å². The second-order valence-corrected chi connectivity index (χ2v) is 6.82. The molecular formula is C20H25ClN2O4S. The molecule has 1 amide bonds. The van der Waals surface area contributed by atoms with E-state index in [0.717, 1.165) is 11.3 Å². The molecule has 0 aliphatic heterocycles. The molecule has 2 aromatic rings. The molecule has 2 aromatic carbocycles. The van der Waals surface area contributed by atoms with Crippen molar-refractivity contribution < 1.29 is 19.1 Å². The molecule has 8 heteroatoms. The minimum Gasteiger partial charge on any atom is -0.496 e. The molecule has 0 aromatic heterocycles. The number of methoxy groups -OCH3 is 2. The predicted molar refractivity (Wildman–Crippen MR) is 116 cm³/mol. The van der Waals surface area contributed by atoms with E-state index in [4.69, 9.17) is 15.2 Å². The number of hydrogen-bond acceptors (Lipinski definition) is 6. The number of esters is 1. The summed E-state index contributed by atoms with van der Waals surface area (Å²) in [5.74, 6) is 0.518. The fourth-order valence-corrected chi connectivity index (χ4v) is 3.18. The van der Waals surface area contributed by atoms with Crippen LogP contribution in [0.4, 0.5) is 5.69 Å². The zero-order chi connectivity index (χ0) is 19.8. The quantitative estimate of drug-likeness (QED) is 0.498. The molecule has 0 saturated heterocycles. The lowest BCUT2D eigenvalue weighted by Crippen LogP contribution is -2.42. The van der Waals surface area contributed by atoms with Gasteiger partial charge in [-0.05, 0) is 42.7 Å². The van der Waals surface area contributed by atoms with Gasteiger partial charge in [0.15, 0.2) is 0 Å². The number of benzene rings is 2. The van der Waals surface area contributed by atoms with Crippen molar-refractivity contribution in [2.45, 2.75) is 12.5 Å². The van der Waals surface area contributed by atoms with Gasteiger partial charge >= 0.3 is 5.97 Å². The van der Waals surface area contributed by atoms with E-state index in [-0.39, 0.29) is 18.3 Å². The van der Waals surface area contributed by atoms with Crippen LogP contribution in [-0.4, -0.2) is 44.1 Å². The highest BCUT2D eigenvalue weighted by Gasteiger charge is 2.24. The van der Waals surface area contributed by atoms with Crippen LogP contribution in [-0.2, 0) is 9.53 Å². The number of nitrogen functional groups attached to an aromatic ring is 1. The molecule has 6 nitrogen and oxygen atoms in total. The van der Waals surface area contributed by atoms with Crippen LogP contribution in [0.5, 0.6) is 5.75 Å². The van der Waals surface area contributed by atoms with Gasteiger partial charge in [0.25, 0.3) is 5.91 Å². The lowest BCUT2D eigenvalue weighted by molar-refractivity contribution is -0.142. The minimum atomic E-state index is -0.710. The van der Waals surface area contributed by atoms with Crippen molar-refractivity contribution in [3.8, 4) is 16.9 Å². The van der Waals surface area contributed by atoms with E-state index in [1.165, 1.54) is 7.11 Å². The lowest BCUT2D eigenvalue weighted by atomic mass is 9.97. The number of anilines is 1. The normalized spacial score (nSPS) is 11.1. The first-order chi connectivity index (χ1) is 13.0. The Hall–Kier alpha value is -2.38. The maximum Gasteiger partial charge on any atom is 0.328 e. The Balaban J connectivity index is 0.00000392. The summed E-state index contributed by atoms with van der Waals surface area (Å²) in [6, 6.07) is 11.7. The van der Waals surface area contributed by atoms with E-state index in [1.54, 1.807) is 37.1 Å². The third-order valence-electron chi connectivity index (χ3n) is 4.09. The van der Waals surface area contributed by atoms with Crippen LogP contribution in [0.25, 0.3) is 11.1 Å². The summed E-state index contributed by atoms with van der Waals surface area (Å²) >= 11 is 1.60. The molecule has 0 saturated carbocycles. The summed E-state index contributed by atoms with van der Waals surface area (Å²) in [6.45, 7) is 0. The van der Waals surface area contributed by atoms with E-state index in [9.17, 15) is 9.59 Å². The van der Waals surface area contributed by atoms with Gasteiger partial charge in [0, 0.05) is 22.4 Å². The fraction of sp³-hybridized carbons (Fsp3) is 0.300. The second-order valence-electron chi connectivity index (χ2n) is 5.84. The Morgan fingerprint density at radius 3 is 2.50 bits per heavy atom.